The molecule has 2 heteroatoms. The van der Waals surface area contributed by atoms with Crippen molar-refractivity contribution in [2.24, 2.45) is 0 Å². The van der Waals surface area contributed by atoms with Crippen LogP contribution in [0.2, 0.25) is 0 Å². The topological polar surface area (TPSA) is 20.2 Å². The van der Waals surface area contributed by atoms with Crippen molar-refractivity contribution in [2.75, 3.05) is 7.11 Å². The third-order valence-corrected chi connectivity index (χ3v) is 0.586. The van der Waals surface area contributed by atoms with Crippen LogP contribution in [0, 0.1) is 20.9 Å². The Kier molecular flexibility index (Phi) is 51.2. The average Bonchev–Trinajstić information content (AvgIpc) is 2.23. The third-order valence-electron chi connectivity index (χ3n) is 0.586. The van der Waals surface area contributed by atoms with Gasteiger partial charge in [-0.3, -0.25) is 6.08 Å². The van der Waals surface area contributed by atoms with Gasteiger partial charge in [-0.05, 0) is 0 Å². The maximum absolute atomic E-state index is 7.00. The van der Waals surface area contributed by atoms with Crippen LogP contribution in [-0.4, -0.2) is 12.2 Å². The summed E-state index contributed by atoms with van der Waals surface area (Å²) in [6.45, 7) is 0. The smallest absolute Gasteiger partial charge is 0.400 e. The average molecular weight is 218 g/mol. The van der Waals surface area contributed by atoms with E-state index in [1.54, 1.807) is 0 Å². The summed E-state index contributed by atoms with van der Waals surface area (Å²) in [6, 6.07) is 0. The molecule has 10 heavy (non-hydrogen) atoms. The van der Waals surface area contributed by atoms with Crippen LogP contribution in [0.4, 0.5) is 0 Å². The standard InChI is InChI=1S/C5H5.CH4O.2CH3.Zr/c1-2-4-5-3-1;1-2;;;/h1-3H,4H2;2H,1H3;2*1H3;/q-1;;2*-1;+3. The first-order chi connectivity index (χ1) is 3.50. The zero-order valence-electron chi connectivity index (χ0n) is 6.89. The minimum atomic E-state index is 0. The van der Waals surface area contributed by atoms with Gasteiger partial charge in [-0.15, -0.1) is 6.42 Å². The van der Waals surface area contributed by atoms with Crippen LogP contribution in [0.15, 0.2) is 18.2 Å². The van der Waals surface area contributed by atoms with E-state index in [9.17, 15) is 0 Å². The van der Waals surface area contributed by atoms with Crippen molar-refractivity contribution in [1.29, 1.82) is 0 Å². The molecule has 0 spiro atoms. The fraction of sp³-hybridized carbons (Fsp3) is 0.250. The van der Waals surface area contributed by atoms with Gasteiger partial charge in [0, 0.05) is 7.11 Å². The Morgan fingerprint density at radius 3 is 1.90 bits per heavy atom. The molecule has 0 aliphatic heterocycles. The largest absolute Gasteiger partial charge is 3.00 e. The monoisotopic (exact) mass is 217 g/mol. The Morgan fingerprint density at radius 1 is 1.30 bits per heavy atom. The van der Waals surface area contributed by atoms with Crippen molar-refractivity contribution in [3.8, 4) is 0 Å². The van der Waals surface area contributed by atoms with Gasteiger partial charge in [-0.2, -0.15) is 6.08 Å². The van der Waals surface area contributed by atoms with E-state index >= 15 is 0 Å². The molecule has 0 aromatic carbocycles. The normalized spacial score (nSPS) is 9.40. The maximum Gasteiger partial charge on any atom is 3.00 e. The SMILES string of the molecule is CO.[C-]1=CC=CC1.[CH3-].[CH3-].[Zr+3]. The summed E-state index contributed by atoms with van der Waals surface area (Å²) < 4.78 is 0. The molecule has 0 unspecified atom stereocenters. The summed E-state index contributed by atoms with van der Waals surface area (Å²) in [5.74, 6) is 0. The predicted octanol–water partition coefficient (Wildman–Crippen LogP) is 1.81. The molecular formula is C8H15OZr. The minimum Gasteiger partial charge on any atom is -0.400 e. The van der Waals surface area contributed by atoms with E-state index in [4.69, 9.17) is 5.11 Å². The second-order valence-corrected chi connectivity index (χ2v) is 1.00. The van der Waals surface area contributed by atoms with Crippen LogP contribution < -0.4 is 0 Å². The minimum absolute atomic E-state index is 0. The van der Waals surface area contributed by atoms with Crippen LogP contribution in [0.25, 0.3) is 0 Å². The van der Waals surface area contributed by atoms with Gasteiger partial charge in [0.2, 0.25) is 0 Å². The van der Waals surface area contributed by atoms with Crippen molar-refractivity contribution in [1.82, 2.24) is 0 Å². The van der Waals surface area contributed by atoms with Crippen molar-refractivity contribution < 1.29 is 31.3 Å². The first-order valence-corrected chi connectivity index (χ1v) is 2.16. The van der Waals surface area contributed by atoms with E-state index < -0.39 is 0 Å². The van der Waals surface area contributed by atoms with Gasteiger partial charge in [0.1, 0.15) is 0 Å². The number of hydrogen-bond acceptors (Lipinski definition) is 1. The quantitative estimate of drug-likeness (QED) is 0.615. The van der Waals surface area contributed by atoms with E-state index in [1.807, 2.05) is 12.2 Å². The molecule has 1 N–H and O–H groups in total. The van der Waals surface area contributed by atoms with E-state index in [1.165, 1.54) is 0 Å². The van der Waals surface area contributed by atoms with Crippen molar-refractivity contribution in [2.45, 2.75) is 6.42 Å². The summed E-state index contributed by atoms with van der Waals surface area (Å²) >= 11 is 0. The molecule has 0 fully saturated rings. The van der Waals surface area contributed by atoms with Gasteiger partial charge < -0.3 is 20.0 Å². The first-order valence-electron chi connectivity index (χ1n) is 2.16. The second kappa shape index (κ2) is 22.8. The first kappa shape index (κ1) is 22.4. The molecule has 0 saturated heterocycles. The van der Waals surface area contributed by atoms with Crippen molar-refractivity contribution in [3.63, 3.8) is 0 Å². The Hall–Kier alpha value is 0.323. The van der Waals surface area contributed by atoms with Gasteiger partial charge in [0.25, 0.3) is 0 Å². The predicted molar refractivity (Wildman–Crippen MR) is 42.5 cm³/mol. The van der Waals surface area contributed by atoms with E-state index in [0.29, 0.717) is 0 Å². The van der Waals surface area contributed by atoms with Crippen LogP contribution in [-0.2, 0) is 26.2 Å². The Morgan fingerprint density at radius 2 is 1.80 bits per heavy atom. The summed E-state index contributed by atoms with van der Waals surface area (Å²) in [6.07, 6.45) is 10.0. The van der Waals surface area contributed by atoms with Gasteiger partial charge in [-0.25, -0.2) is 12.2 Å². The number of aliphatic hydroxyl groups excluding tert-OH is 1. The molecule has 0 atom stereocenters. The number of hydrogen-bond donors (Lipinski definition) is 1. The number of rotatable bonds is 0. The molecule has 0 aromatic rings. The van der Waals surface area contributed by atoms with Crippen LogP contribution >= 0.6 is 0 Å². The molecule has 0 bridgehead atoms. The molecule has 0 saturated carbocycles. The maximum atomic E-state index is 7.00. The molecule has 1 nitrogen and oxygen atoms in total. The van der Waals surface area contributed by atoms with Gasteiger partial charge in [0.15, 0.2) is 0 Å². The van der Waals surface area contributed by atoms with E-state index in [-0.39, 0.29) is 41.1 Å². The third kappa shape index (κ3) is 15.8. The van der Waals surface area contributed by atoms with E-state index in [0.717, 1.165) is 13.5 Å². The molecule has 1 rings (SSSR count). The fourth-order valence-electron chi connectivity index (χ4n) is 0.340. The Bertz CT molecular complexity index is 67.3. The molecule has 1 aliphatic rings. The van der Waals surface area contributed by atoms with Gasteiger partial charge >= 0.3 is 26.2 Å². The molecule has 1 radical (unpaired) electrons. The molecule has 0 amide bonds. The summed E-state index contributed by atoms with van der Waals surface area (Å²) in [5, 5.41) is 7.00. The fourth-order valence-corrected chi connectivity index (χ4v) is 0.340. The molecule has 1 aliphatic carbocycles. The zero-order valence-corrected chi connectivity index (χ0v) is 9.34. The van der Waals surface area contributed by atoms with Gasteiger partial charge in [0.05, 0.1) is 0 Å². The van der Waals surface area contributed by atoms with Crippen molar-refractivity contribution >= 4 is 0 Å². The van der Waals surface area contributed by atoms with E-state index in [2.05, 4.69) is 12.2 Å². The molecule has 57 valence electrons. The molecule has 0 aromatic heterocycles. The molecular weight excluding hydrogens is 203 g/mol. The van der Waals surface area contributed by atoms with Crippen LogP contribution in [0.5, 0.6) is 0 Å². The van der Waals surface area contributed by atoms with Crippen molar-refractivity contribution in [3.05, 3.63) is 39.2 Å². The second-order valence-electron chi connectivity index (χ2n) is 1.00. The summed E-state index contributed by atoms with van der Waals surface area (Å²) in [5.41, 5.74) is 0. The molecule has 0 heterocycles. The number of allylic oxidation sites excluding steroid dienone is 4. The Balaban J connectivity index is -0.0000000337. The van der Waals surface area contributed by atoms with Crippen LogP contribution in [0.1, 0.15) is 6.42 Å². The number of aliphatic hydroxyl groups is 1. The summed E-state index contributed by atoms with van der Waals surface area (Å²) in [7, 11) is 1.00. The zero-order chi connectivity index (χ0) is 5.54. The summed E-state index contributed by atoms with van der Waals surface area (Å²) in [4.78, 5) is 0. The van der Waals surface area contributed by atoms with Crippen LogP contribution in [0.3, 0.4) is 0 Å². The van der Waals surface area contributed by atoms with Gasteiger partial charge in [-0.1, -0.05) is 0 Å². The Labute approximate surface area is 84.0 Å².